The van der Waals surface area contributed by atoms with Crippen LogP contribution in [0.1, 0.15) is 0 Å². The Hall–Kier alpha value is -5.67. The van der Waals surface area contributed by atoms with Crippen LogP contribution in [0, 0.1) is 0 Å². The Labute approximate surface area is 243 Å². The molecule has 0 aliphatic heterocycles. The largest absolute Gasteiger partial charge is 0.265 e. The summed E-state index contributed by atoms with van der Waals surface area (Å²) in [7, 11) is 0. The highest BCUT2D eigenvalue weighted by atomic mass is 14.9. The molecule has 196 valence electrons. The smallest absolute Gasteiger partial charge is 0.160 e. The first-order chi connectivity index (χ1) is 20.8. The number of nitrogens with zero attached hydrogens (tertiary/aromatic N) is 3. The molecule has 0 unspecified atom stereocenters. The van der Waals surface area contributed by atoms with Crippen molar-refractivity contribution in [3.05, 3.63) is 152 Å². The Morgan fingerprint density at radius 2 is 1.00 bits per heavy atom. The summed E-state index contributed by atoms with van der Waals surface area (Å²) in [6.45, 7) is 0. The first-order valence-electron chi connectivity index (χ1n) is 14.1. The van der Waals surface area contributed by atoms with Crippen LogP contribution < -0.4 is 0 Å². The maximum atomic E-state index is 5.26. The number of aromatic nitrogens is 3. The van der Waals surface area contributed by atoms with Gasteiger partial charge >= 0.3 is 0 Å². The van der Waals surface area contributed by atoms with Gasteiger partial charge < -0.3 is 0 Å². The van der Waals surface area contributed by atoms with Gasteiger partial charge in [-0.3, -0.25) is 4.98 Å². The average Bonchev–Trinajstić information content (AvgIpc) is 3.08. The third kappa shape index (κ3) is 4.20. The molecular weight excluding hydrogens is 510 g/mol. The summed E-state index contributed by atoms with van der Waals surface area (Å²) in [6.07, 6.45) is 3.64. The first-order valence-corrected chi connectivity index (χ1v) is 14.1. The molecule has 42 heavy (non-hydrogen) atoms. The lowest BCUT2D eigenvalue weighted by Crippen LogP contribution is -1.97. The Balaban J connectivity index is 1.40. The number of benzene rings is 6. The van der Waals surface area contributed by atoms with Crippen LogP contribution in [0.4, 0.5) is 0 Å². The van der Waals surface area contributed by atoms with Crippen molar-refractivity contribution in [1.82, 2.24) is 15.0 Å². The summed E-state index contributed by atoms with van der Waals surface area (Å²) in [5.41, 5.74) is 7.23. The zero-order valence-electron chi connectivity index (χ0n) is 22.8. The van der Waals surface area contributed by atoms with Gasteiger partial charge in [-0.15, -0.1) is 0 Å². The maximum absolute atomic E-state index is 5.26. The van der Waals surface area contributed by atoms with Crippen LogP contribution >= 0.6 is 0 Å². The summed E-state index contributed by atoms with van der Waals surface area (Å²) in [4.78, 5) is 14.5. The van der Waals surface area contributed by atoms with E-state index in [4.69, 9.17) is 9.97 Å². The van der Waals surface area contributed by atoms with Crippen LogP contribution in [-0.4, -0.2) is 15.0 Å². The van der Waals surface area contributed by atoms with Gasteiger partial charge in [0.2, 0.25) is 0 Å². The minimum absolute atomic E-state index is 0.703. The number of pyridine rings is 1. The predicted molar refractivity (Wildman–Crippen MR) is 174 cm³/mol. The molecule has 0 radical (unpaired) electrons. The second kappa shape index (κ2) is 10.1. The lowest BCUT2D eigenvalue weighted by molar-refractivity contribution is 1.19. The highest BCUT2D eigenvalue weighted by molar-refractivity contribution is 6.19. The van der Waals surface area contributed by atoms with Crippen LogP contribution in [-0.2, 0) is 0 Å². The minimum Gasteiger partial charge on any atom is -0.265 e. The molecular formula is C39H25N3. The van der Waals surface area contributed by atoms with Gasteiger partial charge in [-0.25, -0.2) is 9.97 Å². The van der Waals surface area contributed by atoms with E-state index in [0.717, 1.165) is 39.2 Å². The molecule has 8 rings (SSSR count). The fourth-order valence-corrected chi connectivity index (χ4v) is 5.91. The summed E-state index contributed by atoms with van der Waals surface area (Å²) in [5, 5.41) is 7.26. The van der Waals surface area contributed by atoms with Gasteiger partial charge in [-0.1, -0.05) is 115 Å². The fraction of sp³-hybridized carbons (Fsp3) is 0. The monoisotopic (exact) mass is 535 g/mol. The van der Waals surface area contributed by atoms with Crippen molar-refractivity contribution >= 4 is 32.3 Å². The van der Waals surface area contributed by atoms with Crippen molar-refractivity contribution in [3.8, 4) is 45.0 Å². The Kier molecular flexibility index (Phi) is 5.79. The van der Waals surface area contributed by atoms with Crippen molar-refractivity contribution in [1.29, 1.82) is 0 Å². The van der Waals surface area contributed by atoms with Crippen LogP contribution in [0.3, 0.4) is 0 Å². The second-order valence-electron chi connectivity index (χ2n) is 10.5. The third-order valence-electron chi connectivity index (χ3n) is 7.98. The molecule has 0 saturated heterocycles. The summed E-state index contributed by atoms with van der Waals surface area (Å²) < 4.78 is 0. The maximum Gasteiger partial charge on any atom is 0.160 e. The molecule has 2 aromatic heterocycles. The SMILES string of the molecule is c1ccc(-c2cc(-c3c4ccccc4cc4c3ccc3ccccc34)nc(-c3ccc(-c4ccncc4)cc3)n2)cc1. The van der Waals surface area contributed by atoms with Gasteiger partial charge in [0.15, 0.2) is 5.82 Å². The summed E-state index contributed by atoms with van der Waals surface area (Å²) in [5.74, 6) is 0.703. The molecule has 0 saturated carbocycles. The lowest BCUT2D eigenvalue weighted by atomic mass is 9.91. The number of hydrogen-bond acceptors (Lipinski definition) is 3. The van der Waals surface area contributed by atoms with Gasteiger partial charge in [0.1, 0.15) is 0 Å². The van der Waals surface area contributed by atoms with E-state index in [1.807, 2.05) is 30.6 Å². The number of hydrogen-bond donors (Lipinski definition) is 0. The Morgan fingerprint density at radius 1 is 0.357 bits per heavy atom. The van der Waals surface area contributed by atoms with E-state index in [1.54, 1.807) is 0 Å². The standard InChI is InChI=1S/C39H25N3/c1-2-9-29(10-3-1)36-25-37(42-39(41-36)30-16-14-26(15-17-30)27-20-22-40-23-21-27)38-33-13-7-5-11-31(33)24-35-32-12-6-4-8-28(32)18-19-34(35)38/h1-25H. The van der Waals surface area contributed by atoms with Crippen molar-refractivity contribution < 1.29 is 0 Å². The Bertz CT molecular complexity index is 2220. The number of rotatable bonds is 4. The molecule has 0 bridgehead atoms. The van der Waals surface area contributed by atoms with Crippen LogP contribution in [0.15, 0.2) is 152 Å². The minimum atomic E-state index is 0.703. The van der Waals surface area contributed by atoms with Crippen LogP contribution in [0.5, 0.6) is 0 Å². The quantitative estimate of drug-likeness (QED) is 0.166. The highest BCUT2D eigenvalue weighted by Crippen LogP contribution is 2.40. The molecule has 6 aromatic carbocycles. The van der Waals surface area contributed by atoms with E-state index in [9.17, 15) is 0 Å². The molecule has 0 fully saturated rings. The average molecular weight is 536 g/mol. The van der Waals surface area contributed by atoms with Crippen molar-refractivity contribution in [2.24, 2.45) is 0 Å². The molecule has 0 amide bonds. The predicted octanol–water partition coefficient (Wildman–Crippen LogP) is 10.00. The molecule has 0 aliphatic carbocycles. The summed E-state index contributed by atoms with van der Waals surface area (Å²) in [6, 6.07) is 49.0. The van der Waals surface area contributed by atoms with E-state index >= 15 is 0 Å². The number of fused-ring (bicyclic) bond motifs is 4. The van der Waals surface area contributed by atoms with Crippen molar-refractivity contribution in [3.63, 3.8) is 0 Å². The van der Waals surface area contributed by atoms with E-state index in [1.165, 1.54) is 32.3 Å². The second-order valence-corrected chi connectivity index (χ2v) is 10.5. The van der Waals surface area contributed by atoms with Crippen LogP contribution in [0.2, 0.25) is 0 Å². The van der Waals surface area contributed by atoms with Gasteiger partial charge in [0.05, 0.1) is 11.4 Å². The van der Waals surface area contributed by atoms with E-state index < -0.39 is 0 Å². The first kappa shape index (κ1) is 24.2. The van der Waals surface area contributed by atoms with Crippen LogP contribution in [0.25, 0.3) is 77.3 Å². The molecule has 0 aliphatic rings. The lowest BCUT2D eigenvalue weighted by Gasteiger charge is -2.15. The van der Waals surface area contributed by atoms with Gasteiger partial charge in [0.25, 0.3) is 0 Å². The van der Waals surface area contributed by atoms with Gasteiger partial charge in [0, 0.05) is 29.1 Å². The molecule has 2 heterocycles. The van der Waals surface area contributed by atoms with Gasteiger partial charge in [-0.2, -0.15) is 0 Å². The fourth-order valence-electron chi connectivity index (χ4n) is 5.91. The zero-order chi connectivity index (χ0) is 27.9. The summed E-state index contributed by atoms with van der Waals surface area (Å²) >= 11 is 0. The zero-order valence-corrected chi connectivity index (χ0v) is 22.8. The topological polar surface area (TPSA) is 38.7 Å². The normalized spacial score (nSPS) is 11.3. The third-order valence-corrected chi connectivity index (χ3v) is 7.98. The van der Waals surface area contributed by atoms with Crippen molar-refractivity contribution in [2.45, 2.75) is 0 Å². The molecule has 0 atom stereocenters. The highest BCUT2D eigenvalue weighted by Gasteiger charge is 2.17. The van der Waals surface area contributed by atoms with E-state index in [2.05, 4.69) is 126 Å². The van der Waals surface area contributed by atoms with E-state index in [0.29, 0.717) is 5.82 Å². The van der Waals surface area contributed by atoms with E-state index in [-0.39, 0.29) is 0 Å². The molecule has 0 spiro atoms. The molecule has 3 nitrogen and oxygen atoms in total. The van der Waals surface area contributed by atoms with Gasteiger partial charge in [-0.05, 0) is 67.7 Å². The molecule has 3 heteroatoms. The van der Waals surface area contributed by atoms with Crippen molar-refractivity contribution in [2.75, 3.05) is 0 Å². The Morgan fingerprint density at radius 3 is 1.81 bits per heavy atom. The molecule has 0 N–H and O–H groups in total. The molecule has 8 aromatic rings.